The highest BCUT2D eigenvalue weighted by Gasteiger charge is 2.33. The topological polar surface area (TPSA) is 81.0 Å². The van der Waals surface area contributed by atoms with E-state index in [-0.39, 0.29) is 23.5 Å². The van der Waals surface area contributed by atoms with Crippen LogP contribution in [0, 0.1) is 6.92 Å². The molecular formula is C21H23N3O4S. The van der Waals surface area contributed by atoms with Crippen molar-refractivity contribution in [2.24, 2.45) is 0 Å². The summed E-state index contributed by atoms with van der Waals surface area (Å²) in [6, 6.07) is 10.6. The number of carbonyl (C=O) groups is 1. The lowest BCUT2D eigenvalue weighted by atomic mass is 10.1. The van der Waals surface area contributed by atoms with E-state index in [0.29, 0.717) is 24.3 Å². The standard InChI is InChI=1S/C21H23N3O4S/c1-15-4-3-10-24-12-17(22-20(15)24)13-28-19-7-5-16(6-8-19)21(25)23(2)18-9-11-29(26,27)14-18/h3-8,10,12,18H,9,11,13-14H2,1-2H3. The van der Waals surface area contributed by atoms with Gasteiger partial charge in [-0.2, -0.15) is 0 Å². The molecule has 0 N–H and O–H groups in total. The zero-order chi connectivity index (χ0) is 20.6. The van der Waals surface area contributed by atoms with Gasteiger partial charge >= 0.3 is 0 Å². The van der Waals surface area contributed by atoms with E-state index in [2.05, 4.69) is 4.98 Å². The number of sulfone groups is 1. The molecule has 0 saturated carbocycles. The summed E-state index contributed by atoms with van der Waals surface area (Å²) in [4.78, 5) is 18.7. The van der Waals surface area contributed by atoms with Crippen LogP contribution in [0.25, 0.3) is 5.65 Å². The summed E-state index contributed by atoms with van der Waals surface area (Å²) in [6.07, 6.45) is 4.38. The molecule has 1 unspecified atom stereocenters. The molecule has 2 aromatic heterocycles. The van der Waals surface area contributed by atoms with Crippen molar-refractivity contribution in [2.45, 2.75) is 26.0 Å². The first-order chi connectivity index (χ1) is 13.8. The van der Waals surface area contributed by atoms with Crippen LogP contribution in [0.3, 0.4) is 0 Å². The maximum Gasteiger partial charge on any atom is 0.253 e. The van der Waals surface area contributed by atoms with E-state index < -0.39 is 9.84 Å². The SMILES string of the molecule is Cc1cccn2cc(COc3ccc(C(=O)N(C)C4CCS(=O)(=O)C4)cc3)nc12. The zero-order valence-corrected chi connectivity index (χ0v) is 17.2. The summed E-state index contributed by atoms with van der Waals surface area (Å²) in [7, 11) is -1.37. The second-order valence-corrected chi connectivity index (χ2v) is 9.67. The van der Waals surface area contributed by atoms with Gasteiger partial charge in [-0.25, -0.2) is 13.4 Å². The summed E-state index contributed by atoms with van der Waals surface area (Å²) in [5.41, 5.74) is 3.33. The first-order valence-corrected chi connectivity index (χ1v) is 11.3. The molecule has 0 bridgehead atoms. The van der Waals surface area contributed by atoms with Gasteiger partial charge in [-0.3, -0.25) is 4.79 Å². The van der Waals surface area contributed by atoms with Gasteiger partial charge in [0, 0.05) is 31.0 Å². The van der Waals surface area contributed by atoms with Crippen molar-refractivity contribution in [3.8, 4) is 5.75 Å². The van der Waals surface area contributed by atoms with Gasteiger partial charge in [-0.15, -0.1) is 0 Å². The van der Waals surface area contributed by atoms with Crippen molar-refractivity contribution >= 4 is 21.4 Å². The minimum atomic E-state index is -3.03. The van der Waals surface area contributed by atoms with E-state index in [0.717, 1.165) is 16.9 Å². The predicted octanol–water partition coefficient (Wildman–Crippen LogP) is 2.48. The number of ether oxygens (including phenoxy) is 1. The molecule has 4 rings (SSSR count). The molecule has 1 fully saturated rings. The highest BCUT2D eigenvalue weighted by atomic mass is 32.2. The highest BCUT2D eigenvalue weighted by Crippen LogP contribution is 2.20. The Morgan fingerprint density at radius 3 is 2.69 bits per heavy atom. The molecule has 0 radical (unpaired) electrons. The molecule has 1 amide bonds. The van der Waals surface area contributed by atoms with Crippen LogP contribution in [0.2, 0.25) is 0 Å². The van der Waals surface area contributed by atoms with Gasteiger partial charge < -0.3 is 14.0 Å². The lowest BCUT2D eigenvalue weighted by molar-refractivity contribution is 0.0747. The molecule has 7 nitrogen and oxygen atoms in total. The molecule has 3 heterocycles. The number of imidazole rings is 1. The minimum absolute atomic E-state index is 0.0366. The van der Waals surface area contributed by atoms with E-state index in [1.165, 1.54) is 4.90 Å². The second-order valence-electron chi connectivity index (χ2n) is 7.44. The van der Waals surface area contributed by atoms with Crippen molar-refractivity contribution in [3.63, 3.8) is 0 Å². The number of benzene rings is 1. The quantitative estimate of drug-likeness (QED) is 0.642. The highest BCUT2D eigenvalue weighted by molar-refractivity contribution is 7.91. The van der Waals surface area contributed by atoms with Gasteiger partial charge in [0.2, 0.25) is 0 Å². The van der Waals surface area contributed by atoms with Crippen LogP contribution in [0.1, 0.15) is 28.0 Å². The zero-order valence-electron chi connectivity index (χ0n) is 16.4. The summed E-state index contributed by atoms with van der Waals surface area (Å²) in [5.74, 6) is 0.635. The van der Waals surface area contributed by atoms with Crippen molar-refractivity contribution in [2.75, 3.05) is 18.6 Å². The van der Waals surface area contributed by atoms with Crippen LogP contribution >= 0.6 is 0 Å². The molecule has 1 aromatic carbocycles. The third kappa shape index (κ3) is 4.12. The number of nitrogens with zero attached hydrogens (tertiary/aromatic N) is 3. The first-order valence-electron chi connectivity index (χ1n) is 9.46. The second kappa shape index (κ2) is 7.51. The largest absolute Gasteiger partial charge is 0.487 e. The van der Waals surface area contributed by atoms with Crippen molar-refractivity contribution < 1.29 is 17.9 Å². The van der Waals surface area contributed by atoms with Gasteiger partial charge in [0.25, 0.3) is 5.91 Å². The molecule has 152 valence electrons. The Labute approximate surface area is 169 Å². The summed E-state index contributed by atoms with van der Waals surface area (Å²) in [5, 5.41) is 0. The van der Waals surface area contributed by atoms with E-state index >= 15 is 0 Å². The number of fused-ring (bicyclic) bond motifs is 1. The number of pyridine rings is 1. The normalized spacial score (nSPS) is 18.1. The van der Waals surface area contributed by atoms with Gasteiger partial charge in [-0.1, -0.05) is 6.07 Å². The van der Waals surface area contributed by atoms with Crippen LogP contribution in [0.5, 0.6) is 5.75 Å². The van der Waals surface area contributed by atoms with Crippen molar-refractivity contribution in [3.05, 3.63) is 65.6 Å². The van der Waals surface area contributed by atoms with E-state index in [9.17, 15) is 13.2 Å². The number of hydrogen-bond acceptors (Lipinski definition) is 5. The third-order valence-electron chi connectivity index (χ3n) is 5.29. The molecule has 8 heteroatoms. The number of rotatable bonds is 5. The van der Waals surface area contributed by atoms with E-state index in [1.807, 2.05) is 35.9 Å². The van der Waals surface area contributed by atoms with Crippen LogP contribution in [-0.2, 0) is 16.4 Å². The molecule has 0 spiro atoms. The molecular weight excluding hydrogens is 390 g/mol. The molecule has 1 aliphatic heterocycles. The summed E-state index contributed by atoms with van der Waals surface area (Å²) >= 11 is 0. The Morgan fingerprint density at radius 1 is 1.28 bits per heavy atom. The monoisotopic (exact) mass is 413 g/mol. The van der Waals surface area contributed by atoms with E-state index in [1.54, 1.807) is 31.3 Å². The lowest BCUT2D eigenvalue weighted by Crippen LogP contribution is -2.37. The molecule has 1 atom stereocenters. The molecule has 1 saturated heterocycles. The van der Waals surface area contributed by atoms with Gasteiger partial charge in [0.05, 0.1) is 17.2 Å². The Morgan fingerprint density at radius 2 is 2.03 bits per heavy atom. The average molecular weight is 413 g/mol. The van der Waals surface area contributed by atoms with Crippen molar-refractivity contribution in [1.82, 2.24) is 14.3 Å². The lowest BCUT2D eigenvalue weighted by Gasteiger charge is -2.23. The van der Waals surface area contributed by atoms with Gasteiger partial charge in [-0.05, 0) is 49.2 Å². The fourth-order valence-electron chi connectivity index (χ4n) is 3.58. The number of aromatic nitrogens is 2. The van der Waals surface area contributed by atoms with Crippen LogP contribution < -0.4 is 4.74 Å². The first kappa shape index (κ1) is 19.4. The Kier molecular flexibility index (Phi) is 5.04. The summed E-state index contributed by atoms with van der Waals surface area (Å²) < 4.78 is 31.1. The number of hydrogen-bond donors (Lipinski definition) is 0. The van der Waals surface area contributed by atoms with Crippen LogP contribution in [-0.4, -0.2) is 53.2 Å². The van der Waals surface area contributed by atoms with Crippen molar-refractivity contribution in [1.29, 1.82) is 0 Å². The fraction of sp³-hybridized carbons (Fsp3) is 0.333. The Hall–Kier alpha value is -2.87. The fourth-order valence-corrected chi connectivity index (χ4v) is 5.35. The minimum Gasteiger partial charge on any atom is -0.487 e. The molecule has 3 aromatic rings. The van der Waals surface area contributed by atoms with Gasteiger partial charge in [0.15, 0.2) is 9.84 Å². The summed E-state index contributed by atoms with van der Waals surface area (Å²) in [6.45, 7) is 2.34. The smallest absolute Gasteiger partial charge is 0.253 e. The molecule has 1 aliphatic rings. The Bertz CT molecular complexity index is 1150. The molecule has 29 heavy (non-hydrogen) atoms. The number of amides is 1. The van der Waals surface area contributed by atoms with E-state index in [4.69, 9.17) is 4.74 Å². The molecule has 0 aliphatic carbocycles. The third-order valence-corrected chi connectivity index (χ3v) is 7.04. The Balaban J connectivity index is 1.39. The van der Waals surface area contributed by atoms with Gasteiger partial charge in [0.1, 0.15) is 18.0 Å². The van der Waals surface area contributed by atoms with Crippen LogP contribution in [0.15, 0.2) is 48.8 Å². The maximum absolute atomic E-state index is 12.6. The number of carbonyl (C=O) groups excluding carboxylic acids is 1. The number of aryl methyl sites for hydroxylation is 1. The van der Waals surface area contributed by atoms with Crippen LogP contribution in [0.4, 0.5) is 0 Å². The predicted molar refractivity (Wildman–Crippen MR) is 110 cm³/mol. The maximum atomic E-state index is 12.6. The average Bonchev–Trinajstić information content (AvgIpc) is 3.29.